The number of ether oxygens (including phenoxy) is 2. The molecule has 2 aromatic rings. The summed E-state index contributed by atoms with van der Waals surface area (Å²) in [5.41, 5.74) is 5.94. The van der Waals surface area contributed by atoms with E-state index in [0.717, 1.165) is 6.07 Å². The third-order valence-corrected chi connectivity index (χ3v) is 2.23. The molecule has 0 unspecified atom stereocenters. The van der Waals surface area contributed by atoms with Gasteiger partial charge in [-0.05, 0) is 19.1 Å². The topological polar surface area (TPSA) is 70.3 Å². The van der Waals surface area contributed by atoms with Crippen LogP contribution in [0.15, 0.2) is 30.5 Å². The van der Waals surface area contributed by atoms with Crippen molar-refractivity contribution < 1.29 is 22.6 Å². The van der Waals surface area contributed by atoms with Gasteiger partial charge in [0, 0.05) is 11.8 Å². The average Bonchev–Trinajstić information content (AvgIpc) is 2.34. The predicted octanol–water partition coefficient (Wildman–Crippen LogP) is 3.06. The van der Waals surface area contributed by atoms with Gasteiger partial charge in [0.05, 0.1) is 0 Å². The second kappa shape index (κ2) is 5.24. The van der Waals surface area contributed by atoms with Gasteiger partial charge in [-0.15, -0.1) is 13.2 Å². The number of hydrogen-bond donors (Lipinski definition) is 1. The molecule has 0 aliphatic rings. The number of nitrogens with two attached hydrogens (primary N) is 1. The average molecular weight is 285 g/mol. The molecule has 0 spiro atoms. The van der Waals surface area contributed by atoms with Crippen molar-refractivity contribution in [2.24, 2.45) is 0 Å². The lowest BCUT2D eigenvalue weighted by atomic mass is 10.3. The van der Waals surface area contributed by atoms with Gasteiger partial charge in [0.25, 0.3) is 0 Å². The van der Waals surface area contributed by atoms with E-state index in [1.807, 2.05) is 0 Å². The Bertz CT molecular complexity index is 617. The van der Waals surface area contributed by atoms with Crippen LogP contribution in [0.5, 0.6) is 17.4 Å². The number of rotatable bonds is 3. The fourth-order valence-electron chi connectivity index (χ4n) is 1.39. The minimum atomic E-state index is -4.81. The van der Waals surface area contributed by atoms with Crippen molar-refractivity contribution in [3.05, 3.63) is 36.0 Å². The molecule has 8 heteroatoms. The SMILES string of the molecule is Cc1cnc(N)nc1Oc1ccccc1OC(F)(F)F. The van der Waals surface area contributed by atoms with Crippen molar-refractivity contribution >= 4 is 5.95 Å². The number of anilines is 1. The molecule has 0 bridgehead atoms. The number of nitrogens with zero attached hydrogens (tertiary/aromatic N) is 2. The third kappa shape index (κ3) is 3.50. The van der Waals surface area contributed by atoms with Gasteiger partial charge in [-0.25, -0.2) is 4.98 Å². The Hall–Kier alpha value is -2.51. The number of nitrogen functional groups attached to an aromatic ring is 1. The Morgan fingerprint density at radius 2 is 1.80 bits per heavy atom. The molecule has 5 nitrogen and oxygen atoms in total. The molecule has 2 rings (SSSR count). The molecule has 0 saturated heterocycles. The molecular formula is C12H10F3N3O2. The lowest BCUT2D eigenvalue weighted by Gasteiger charge is -2.14. The molecule has 0 amide bonds. The zero-order valence-corrected chi connectivity index (χ0v) is 10.3. The van der Waals surface area contributed by atoms with Gasteiger partial charge in [-0.2, -0.15) is 4.98 Å². The molecule has 0 radical (unpaired) electrons. The van der Waals surface area contributed by atoms with Crippen LogP contribution in [0.1, 0.15) is 5.56 Å². The van der Waals surface area contributed by atoms with Crippen molar-refractivity contribution in [2.75, 3.05) is 5.73 Å². The maximum absolute atomic E-state index is 12.3. The van der Waals surface area contributed by atoms with Gasteiger partial charge < -0.3 is 15.2 Å². The zero-order chi connectivity index (χ0) is 14.8. The number of aromatic nitrogens is 2. The molecule has 1 aromatic heterocycles. The summed E-state index contributed by atoms with van der Waals surface area (Å²) >= 11 is 0. The summed E-state index contributed by atoms with van der Waals surface area (Å²) in [6.45, 7) is 1.64. The minimum absolute atomic E-state index is 0.0418. The highest BCUT2D eigenvalue weighted by Crippen LogP contribution is 2.35. The first-order valence-corrected chi connectivity index (χ1v) is 5.47. The predicted molar refractivity (Wildman–Crippen MR) is 64.4 cm³/mol. The summed E-state index contributed by atoms with van der Waals surface area (Å²) in [6.07, 6.45) is -3.40. The molecule has 1 aromatic carbocycles. The quantitative estimate of drug-likeness (QED) is 0.938. The van der Waals surface area contributed by atoms with Crippen LogP contribution in [-0.4, -0.2) is 16.3 Å². The molecule has 0 fully saturated rings. The summed E-state index contributed by atoms with van der Waals surface area (Å²) in [5.74, 6) is -0.557. The number of hydrogen-bond acceptors (Lipinski definition) is 5. The first-order valence-electron chi connectivity index (χ1n) is 5.47. The number of benzene rings is 1. The first-order chi connectivity index (χ1) is 9.35. The largest absolute Gasteiger partial charge is 0.573 e. The van der Waals surface area contributed by atoms with Crippen LogP contribution in [0.2, 0.25) is 0 Å². The normalized spacial score (nSPS) is 11.2. The van der Waals surface area contributed by atoms with Crippen molar-refractivity contribution in [2.45, 2.75) is 13.3 Å². The molecule has 106 valence electrons. The molecular weight excluding hydrogens is 275 g/mol. The summed E-state index contributed by atoms with van der Waals surface area (Å²) in [7, 11) is 0. The highest BCUT2D eigenvalue weighted by molar-refractivity contribution is 5.43. The van der Waals surface area contributed by atoms with Gasteiger partial charge >= 0.3 is 6.36 Å². The fraction of sp³-hybridized carbons (Fsp3) is 0.167. The third-order valence-electron chi connectivity index (χ3n) is 2.23. The van der Waals surface area contributed by atoms with Crippen LogP contribution >= 0.6 is 0 Å². The summed E-state index contributed by atoms with van der Waals surface area (Å²) < 4.78 is 46.0. The van der Waals surface area contributed by atoms with Gasteiger partial charge in [0.1, 0.15) is 0 Å². The second-order valence-electron chi connectivity index (χ2n) is 3.81. The molecule has 1 heterocycles. The standard InChI is InChI=1S/C12H10F3N3O2/c1-7-6-17-11(16)18-10(7)19-8-4-2-3-5-9(8)20-12(13,14)15/h2-6H,1H3,(H2,16,17,18). The Kier molecular flexibility index (Phi) is 3.64. The fourth-order valence-corrected chi connectivity index (χ4v) is 1.39. The van der Waals surface area contributed by atoms with Crippen molar-refractivity contribution in [1.82, 2.24) is 9.97 Å². The number of alkyl halides is 3. The van der Waals surface area contributed by atoms with Gasteiger partial charge in [-0.1, -0.05) is 12.1 Å². The van der Waals surface area contributed by atoms with E-state index in [1.165, 1.54) is 24.4 Å². The monoisotopic (exact) mass is 285 g/mol. The number of aryl methyl sites for hydroxylation is 1. The van der Waals surface area contributed by atoms with Crippen molar-refractivity contribution in [3.63, 3.8) is 0 Å². The first kappa shape index (κ1) is 13.9. The maximum atomic E-state index is 12.3. The van der Waals surface area contributed by atoms with Crippen LogP contribution in [0.4, 0.5) is 19.1 Å². The number of halogens is 3. The van der Waals surface area contributed by atoms with E-state index in [4.69, 9.17) is 10.5 Å². The molecule has 20 heavy (non-hydrogen) atoms. The molecule has 0 aliphatic heterocycles. The Morgan fingerprint density at radius 1 is 1.15 bits per heavy atom. The molecule has 0 saturated carbocycles. The Labute approximate surface area is 112 Å². The van der Waals surface area contributed by atoms with E-state index in [1.54, 1.807) is 6.92 Å². The second-order valence-corrected chi connectivity index (χ2v) is 3.81. The lowest BCUT2D eigenvalue weighted by molar-refractivity contribution is -0.275. The van der Waals surface area contributed by atoms with E-state index >= 15 is 0 Å². The maximum Gasteiger partial charge on any atom is 0.573 e. The van der Waals surface area contributed by atoms with E-state index in [-0.39, 0.29) is 17.6 Å². The van der Waals surface area contributed by atoms with E-state index in [0.29, 0.717) is 5.56 Å². The van der Waals surface area contributed by atoms with Crippen LogP contribution < -0.4 is 15.2 Å². The smallest absolute Gasteiger partial charge is 0.435 e. The molecule has 0 aliphatic carbocycles. The summed E-state index contributed by atoms with van der Waals surface area (Å²) in [5, 5.41) is 0. The number of para-hydroxylation sites is 2. The lowest BCUT2D eigenvalue weighted by Crippen LogP contribution is -2.17. The van der Waals surface area contributed by atoms with Crippen LogP contribution in [0.25, 0.3) is 0 Å². The summed E-state index contributed by atoms with van der Waals surface area (Å²) in [4.78, 5) is 7.55. The zero-order valence-electron chi connectivity index (χ0n) is 10.3. The van der Waals surface area contributed by atoms with E-state index in [9.17, 15) is 13.2 Å². The summed E-state index contributed by atoms with van der Waals surface area (Å²) in [6, 6.07) is 5.38. The van der Waals surface area contributed by atoms with E-state index < -0.39 is 12.1 Å². The minimum Gasteiger partial charge on any atom is -0.435 e. The van der Waals surface area contributed by atoms with Crippen molar-refractivity contribution in [1.29, 1.82) is 0 Å². The van der Waals surface area contributed by atoms with Crippen LogP contribution in [0.3, 0.4) is 0 Å². The molecule has 2 N–H and O–H groups in total. The van der Waals surface area contributed by atoms with E-state index in [2.05, 4.69) is 14.7 Å². The highest BCUT2D eigenvalue weighted by atomic mass is 19.4. The highest BCUT2D eigenvalue weighted by Gasteiger charge is 2.32. The van der Waals surface area contributed by atoms with Crippen molar-refractivity contribution in [3.8, 4) is 17.4 Å². The Balaban J connectivity index is 2.32. The van der Waals surface area contributed by atoms with Gasteiger partial charge in [0.2, 0.25) is 11.8 Å². The Morgan fingerprint density at radius 3 is 2.45 bits per heavy atom. The molecule has 0 atom stereocenters. The van der Waals surface area contributed by atoms with Gasteiger partial charge in [0.15, 0.2) is 11.5 Å². The van der Waals surface area contributed by atoms with Crippen LogP contribution in [-0.2, 0) is 0 Å². The van der Waals surface area contributed by atoms with Crippen LogP contribution in [0, 0.1) is 6.92 Å². The van der Waals surface area contributed by atoms with Gasteiger partial charge in [-0.3, -0.25) is 0 Å².